The maximum absolute atomic E-state index is 13.3. The number of fused-ring (bicyclic) bond motifs is 1. The first-order valence-corrected chi connectivity index (χ1v) is 9.42. The fourth-order valence-electron chi connectivity index (χ4n) is 3.64. The SMILES string of the molecule is O=C(c1cc(-c2ccncc2)nc2ccccc12)N1CCCCCCC1. The van der Waals surface area contributed by atoms with Crippen molar-refractivity contribution in [3.8, 4) is 11.3 Å². The summed E-state index contributed by atoms with van der Waals surface area (Å²) in [5.41, 5.74) is 3.41. The van der Waals surface area contributed by atoms with Crippen LogP contribution in [0.4, 0.5) is 0 Å². The molecule has 0 bridgehead atoms. The molecule has 4 rings (SSSR count). The van der Waals surface area contributed by atoms with Crippen molar-refractivity contribution in [2.24, 2.45) is 0 Å². The first-order chi connectivity index (χ1) is 12.8. The number of benzene rings is 1. The molecule has 0 aliphatic carbocycles. The van der Waals surface area contributed by atoms with Crippen molar-refractivity contribution in [1.29, 1.82) is 0 Å². The van der Waals surface area contributed by atoms with E-state index in [1.165, 1.54) is 19.3 Å². The summed E-state index contributed by atoms with van der Waals surface area (Å²) in [6, 6.07) is 13.7. The Morgan fingerprint density at radius 1 is 0.885 bits per heavy atom. The Labute approximate surface area is 153 Å². The van der Waals surface area contributed by atoms with Gasteiger partial charge in [-0.15, -0.1) is 0 Å². The molecular weight excluding hydrogens is 322 g/mol. The van der Waals surface area contributed by atoms with Gasteiger partial charge in [-0.2, -0.15) is 0 Å². The summed E-state index contributed by atoms with van der Waals surface area (Å²) >= 11 is 0. The predicted molar refractivity (Wildman–Crippen MR) is 104 cm³/mol. The number of aromatic nitrogens is 2. The van der Waals surface area contributed by atoms with Crippen molar-refractivity contribution in [3.63, 3.8) is 0 Å². The van der Waals surface area contributed by atoms with Crippen LogP contribution in [-0.2, 0) is 0 Å². The Hall–Kier alpha value is -2.75. The van der Waals surface area contributed by atoms with Gasteiger partial charge >= 0.3 is 0 Å². The summed E-state index contributed by atoms with van der Waals surface area (Å²) in [7, 11) is 0. The van der Waals surface area contributed by atoms with Gasteiger partial charge in [0.2, 0.25) is 0 Å². The van der Waals surface area contributed by atoms with Crippen LogP contribution in [0.15, 0.2) is 54.9 Å². The third kappa shape index (κ3) is 3.45. The molecule has 26 heavy (non-hydrogen) atoms. The normalized spacial score (nSPS) is 15.5. The molecule has 3 aromatic rings. The lowest BCUT2D eigenvalue weighted by Gasteiger charge is -2.25. The summed E-state index contributed by atoms with van der Waals surface area (Å²) in [4.78, 5) is 24.2. The van der Waals surface area contributed by atoms with Gasteiger partial charge in [-0.3, -0.25) is 9.78 Å². The molecule has 0 saturated carbocycles. The lowest BCUT2D eigenvalue weighted by Crippen LogP contribution is -2.34. The van der Waals surface area contributed by atoms with Crippen LogP contribution < -0.4 is 0 Å². The summed E-state index contributed by atoms with van der Waals surface area (Å²) in [6.07, 6.45) is 9.40. The van der Waals surface area contributed by atoms with Gasteiger partial charge in [0.25, 0.3) is 5.91 Å². The minimum atomic E-state index is 0.126. The fourth-order valence-corrected chi connectivity index (χ4v) is 3.64. The second-order valence-corrected chi connectivity index (χ2v) is 6.87. The molecule has 132 valence electrons. The number of hydrogen-bond donors (Lipinski definition) is 0. The smallest absolute Gasteiger partial charge is 0.254 e. The van der Waals surface area contributed by atoms with E-state index in [-0.39, 0.29) is 5.91 Å². The average Bonchev–Trinajstić information content (AvgIpc) is 2.67. The maximum atomic E-state index is 13.3. The van der Waals surface area contributed by atoms with Gasteiger partial charge in [0.15, 0.2) is 0 Å². The standard InChI is InChI=1S/C22H23N3O/c26-22(25-14-6-2-1-3-7-15-25)19-16-21(17-10-12-23-13-11-17)24-20-9-5-4-8-18(19)20/h4-5,8-13,16H,1-3,6-7,14-15H2. The number of rotatable bonds is 2. The van der Waals surface area contributed by atoms with Gasteiger partial charge < -0.3 is 4.90 Å². The predicted octanol–water partition coefficient (Wildman–Crippen LogP) is 4.70. The van der Waals surface area contributed by atoms with Crippen LogP contribution in [0.1, 0.15) is 42.5 Å². The number of pyridine rings is 2. The Morgan fingerprint density at radius 3 is 2.35 bits per heavy atom. The van der Waals surface area contributed by atoms with Crippen LogP contribution in [0.5, 0.6) is 0 Å². The van der Waals surface area contributed by atoms with E-state index in [4.69, 9.17) is 4.98 Å². The van der Waals surface area contributed by atoms with E-state index in [0.717, 1.165) is 53.7 Å². The number of para-hydroxylation sites is 1. The molecule has 4 heteroatoms. The Balaban J connectivity index is 1.78. The van der Waals surface area contributed by atoms with Gasteiger partial charge in [0.1, 0.15) is 0 Å². The van der Waals surface area contributed by atoms with Gasteiger partial charge in [-0.25, -0.2) is 4.98 Å². The zero-order valence-electron chi connectivity index (χ0n) is 14.9. The van der Waals surface area contributed by atoms with E-state index >= 15 is 0 Å². The second kappa shape index (κ2) is 7.65. The average molecular weight is 345 g/mol. The molecule has 2 aromatic heterocycles. The van der Waals surface area contributed by atoms with Crippen LogP contribution in [0.25, 0.3) is 22.2 Å². The van der Waals surface area contributed by atoms with E-state index in [1.54, 1.807) is 12.4 Å². The zero-order chi connectivity index (χ0) is 17.8. The van der Waals surface area contributed by atoms with Crippen molar-refractivity contribution in [3.05, 3.63) is 60.4 Å². The Morgan fingerprint density at radius 2 is 1.58 bits per heavy atom. The first-order valence-electron chi connectivity index (χ1n) is 9.42. The number of amides is 1. The molecular formula is C22H23N3O. The van der Waals surface area contributed by atoms with Crippen LogP contribution >= 0.6 is 0 Å². The molecule has 0 radical (unpaired) electrons. The van der Waals surface area contributed by atoms with E-state index in [1.807, 2.05) is 47.4 Å². The largest absolute Gasteiger partial charge is 0.339 e. The quantitative estimate of drug-likeness (QED) is 0.676. The van der Waals surface area contributed by atoms with Gasteiger partial charge in [-0.05, 0) is 37.1 Å². The molecule has 0 unspecified atom stereocenters. The number of likely N-dealkylation sites (tertiary alicyclic amines) is 1. The van der Waals surface area contributed by atoms with Crippen molar-refractivity contribution in [1.82, 2.24) is 14.9 Å². The highest BCUT2D eigenvalue weighted by Gasteiger charge is 2.20. The highest BCUT2D eigenvalue weighted by atomic mass is 16.2. The molecule has 1 aliphatic heterocycles. The van der Waals surface area contributed by atoms with Crippen LogP contribution in [0.2, 0.25) is 0 Å². The highest BCUT2D eigenvalue weighted by Crippen LogP contribution is 2.26. The van der Waals surface area contributed by atoms with E-state index < -0.39 is 0 Å². The second-order valence-electron chi connectivity index (χ2n) is 6.87. The van der Waals surface area contributed by atoms with E-state index in [2.05, 4.69) is 4.98 Å². The third-order valence-corrected chi connectivity index (χ3v) is 5.07. The number of nitrogens with zero attached hydrogens (tertiary/aromatic N) is 3. The van der Waals surface area contributed by atoms with Crippen molar-refractivity contribution in [2.75, 3.05) is 13.1 Å². The molecule has 0 atom stereocenters. The van der Waals surface area contributed by atoms with E-state index in [9.17, 15) is 4.79 Å². The lowest BCUT2D eigenvalue weighted by atomic mass is 10.0. The zero-order valence-corrected chi connectivity index (χ0v) is 14.9. The van der Waals surface area contributed by atoms with Crippen LogP contribution in [0, 0.1) is 0 Å². The topological polar surface area (TPSA) is 46.1 Å². The molecule has 0 spiro atoms. The summed E-state index contributed by atoms with van der Waals surface area (Å²) in [5.74, 6) is 0.126. The van der Waals surface area contributed by atoms with E-state index in [0.29, 0.717) is 0 Å². The van der Waals surface area contributed by atoms with Gasteiger partial charge in [0.05, 0.1) is 16.8 Å². The summed E-state index contributed by atoms with van der Waals surface area (Å²) < 4.78 is 0. The highest BCUT2D eigenvalue weighted by molar-refractivity contribution is 6.07. The molecule has 1 aromatic carbocycles. The summed E-state index contributed by atoms with van der Waals surface area (Å²) in [6.45, 7) is 1.69. The van der Waals surface area contributed by atoms with Gasteiger partial charge in [0, 0.05) is 36.4 Å². The fraction of sp³-hybridized carbons (Fsp3) is 0.318. The molecule has 1 fully saturated rings. The summed E-state index contributed by atoms with van der Waals surface area (Å²) in [5, 5.41) is 0.928. The van der Waals surface area contributed by atoms with Gasteiger partial charge in [-0.1, -0.05) is 37.5 Å². The third-order valence-electron chi connectivity index (χ3n) is 5.07. The molecule has 0 N–H and O–H groups in total. The monoisotopic (exact) mass is 345 g/mol. The molecule has 3 heterocycles. The number of hydrogen-bond acceptors (Lipinski definition) is 3. The molecule has 1 aliphatic rings. The van der Waals surface area contributed by atoms with Crippen molar-refractivity contribution < 1.29 is 4.79 Å². The Kier molecular flexibility index (Phi) is 4.91. The first kappa shape index (κ1) is 16.7. The number of carbonyl (C=O) groups excluding carboxylic acids is 1. The van der Waals surface area contributed by atoms with Crippen LogP contribution in [-0.4, -0.2) is 33.9 Å². The Bertz CT molecular complexity index is 900. The molecule has 1 saturated heterocycles. The molecule has 1 amide bonds. The minimum Gasteiger partial charge on any atom is -0.339 e. The van der Waals surface area contributed by atoms with Crippen LogP contribution in [0.3, 0.4) is 0 Å². The van der Waals surface area contributed by atoms with Crippen molar-refractivity contribution in [2.45, 2.75) is 32.1 Å². The minimum absolute atomic E-state index is 0.126. The van der Waals surface area contributed by atoms with Crippen molar-refractivity contribution >= 4 is 16.8 Å². The number of carbonyl (C=O) groups is 1. The molecule has 4 nitrogen and oxygen atoms in total. The lowest BCUT2D eigenvalue weighted by molar-refractivity contribution is 0.0744. The maximum Gasteiger partial charge on any atom is 0.254 e.